The van der Waals surface area contributed by atoms with Crippen LogP contribution in [0.15, 0.2) is 59.3 Å². The van der Waals surface area contributed by atoms with E-state index in [9.17, 15) is 0 Å². The highest BCUT2D eigenvalue weighted by atomic mass is 32.1. The van der Waals surface area contributed by atoms with Crippen LogP contribution in [-0.4, -0.2) is 0 Å². The lowest BCUT2D eigenvalue weighted by molar-refractivity contribution is 0.488. The maximum atomic E-state index is 6.05. The number of ether oxygens (including phenoxy) is 1. The Labute approximate surface area is 109 Å². The summed E-state index contributed by atoms with van der Waals surface area (Å²) < 4.78 is 6.05. The van der Waals surface area contributed by atoms with E-state index in [0.717, 1.165) is 11.5 Å². The molecule has 3 aromatic rings. The molecule has 2 aromatic carbocycles. The average molecular weight is 250 g/mol. The molecule has 1 aliphatic rings. The minimum absolute atomic E-state index is 0.933. The first-order valence-corrected chi connectivity index (χ1v) is 6.80. The van der Waals surface area contributed by atoms with Crippen LogP contribution in [0.25, 0.3) is 22.3 Å². The molecule has 1 aromatic heterocycles. The standard InChI is InChI=1S/C16H10OS/c1-3-7-15-11(5-1)13-9-18-10-14(13)12-6-2-4-8-16(12)17-15/h1-10H. The summed E-state index contributed by atoms with van der Waals surface area (Å²) in [5.41, 5.74) is 4.87. The highest BCUT2D eigenvalue weighted by Crippen LogP contribution is 2.47. The van der Waals surface area contributed by atoms with Gasteiger partial charge in [0.2, 0.25) is 0 Å². The van der Waals surface area contributed by atoms with Crippen molar-refractivity contribution in [3.05, 3.63) is 59.3 Å². The monoisotopic (exact) mass is 250 g/mol. The van der Waals surface area contributed by atoms with Crippen LogP contribution in [0.3, 0.4) is 0 Å². The molecule has 0 spiro atoms. The normalized spacial score (nSPS) is 11.8. The third-order valence-corrected chi connectivity index (χ3v) is 3.98. The van der Waals surface area contributed by atoms with Crippen LogP contribution < -0.4 is 4.74 Å². The maximum Gasteiger partial charge on any atom is 0.135 e. The van der Waals surface area contributed by atoms with Gasteiger partial charge in [0.15, 0.2) is 0 Å². The lowest BCUT2D eigenvalue weighted by Gasteiger charge is -2.08. The van der Waals surface area contributed by atoms with E-state index in [4.69, 9.17) is 4.74 Å². The Hall–Kier alpha value is -2.06. The molecular weight excluding hydrogens is 240 g/mol. The van der Waals surface area contributed by atoms with Crippen molar-refractivity contribution in [1.82, 2.24) is 0 Å². The van der Waals surface area contributed by atoms with Crippen LogP contribution in [0.5, 0.6) is 11.5 Å². The third kappa shape index (κ3) is 1.33. The van der Waals surface area contributed by atoms with E-state index in [1.54, 1.807) is 11.3 Å². The van der Waals surface area contributed by atoms with Gasteiger partial charge in [-0.15, -0.1) is 0 Å². The van der Waals surface area contributed by atoms with Gasteiger partial charge in [-0.3, -0.25) is 0 Å². The van der Waals surface area contributed by atoms with Gasteiger partial charge in [0, 0.05) is 22.3 Å². The number of hydrogen-bond acceptors (Lipinski definition) is 2. The zero-order valence-corrected chi connectivity index (χ0v) is 10.4. The summed E-state index contributed by atoms with van der Waals surface area (Å²) in [7, 11) is 0. The molecule has 2 heteroatoms. The van der Waals surface area contributed by atoms with E-state index < -0.39 is 0 Å². The topological polar surface area (TPSA) is 9.23 Å². The van der Waals surface area contributed by atoms with Crippen LogP contribution in [0.4, 0.5) is 0 Å². The first kappa shape index (κ1) is 9.92. The molecule has 0 atom stereocenters. The van der Waals surface area contributed by atoms with E-state index >= 15 is 0 Å². The fourth-order valence-corrected chi connectivity index (χ4v) is 3.24. The number of hydrogen-bond donors (Lipinski definition) is 0. The Kier molecular flexibility index (Phi) is 2.05. The minimum Gasteiger partial charge on any atom is -0.456 e. The number of rotatable bonds is 0. The maximum absolute atomic E-state index is 6.05. The van der Waals surface area contributed by atoms with E-state index in [1.807, 2.05) is 24.3 Å². The molecule has 86 valence electrons. The van der Waals surface area contributed by atoms with Crippen molar-refractivity contribution < 1.29 is 4.74 Å². The van der Waals surface area contributed by atoms with Gasteiger partial charge in [-0.1, -0.05) is 36.4 Å². The number of fused-ring (bicyclic) bond motifs is 5. The molecule has 0 bridgehead atoms. The molecule has 0 radical (unpaired) electrons. The van der Waals surface area contributed by atoms with Crippen molar-refractivity contribution in [2.24, 2.45) is 0 Å². The molecular formula is C16H10OS. The van der Waals surface area contributed by atoms with Crippen molar-refractivity contribution in [3.8, 4) is 33.8 Å². The third-order valence-electron chi connectivity index (χ3n) is 3.24. The second-order valence-corrected chi connectivity index (χ2v) is 5.04. The second kappa shape index (κ2) is 3.72. The number of thiophene rings is 1. The summed E-state index contributed by atoms with van der Waals surface area (Å²) in [5.74, 6) is 1.87. The van der Waals surface area contributed by atoms with Gasteiger partial charge < -0.3 is 4.74 Å². The van der Waals surface area contributed by atoms with Crippen LogP contribution in [-0.2, 0) is 0 Å². The predicted octanol–water partition coefficient (Wildman–Crippen LogP) is 5.19. The second-order valence-electron chi connectivity index (χ2n) is 4.29. The van der Waals surface area contributed by atoms with Crippen molar-refractivity contribution >= 4 is 11.3 Å². The Morgan fingerprint density at radius 3 is 1.67 bits per heavy atom. The van der Waals surface area contributed by atoms with Gasteiger partial charge in [0.1, 0.15) is 11.5 Å². The quantitative estimate of drug-likeness (QED) is 0.417. The Morgan fingerprint density at radius 1 is 0.611 bits per heavy atom. The zero-order chi connectivity index (χ0) is 11.9. The van der Waals surface area contributed by atoms with Crippen LogP contribution >= 0.6 is 11.3 Å². The van der Waals surface area contributed by atoms with Crippen molar-refractivity contribution in [1.29, 1.82) is 0 Å². The highest BCUT2D eigenvalue weighted by molar-refractivity contribution is 7.08. The molecule has 0 saturated heterocycles. The summed E-state index contributed by atoms with van der Waals surface area (Å²) >= 11 is 1.74. The summed E-state index contributed by atoms with van der Waals surface area (Å²) in [6, 6.07) is 16.4. The van der Waals surface area contributed by atoms with E-state index in [0.29, 0.717) is 0 Å². The summed E-state index contributed by atoms with van der Waals surface area (Å²) in [5, 5.41) is 4.39. The molecule has 2 heterocycles. The molecule has 0 N–H and O–H groups in total. The molecule has 1 nitrogen and oxygen atoms in total. The predicted molar refractivity (Wildman–Crippen MR) is 75.3 cm³/mol. The van der Waals surface area contributed by atoms with Crippen LogP contribution in [0.2, 0.25) is 0 Å². The lowest BCUT2D eigenvalue weighted by Crippen LogP contribution is -1.85. The fraction of sp³-hybridized carbons (Fsp3) is 0. The van der Waals surface area contributed by atoms with Gasteiger partial charge in [-0.25, -0.2) is 0 Å². The van der Waals surface area contributed by atoms with Crippen molar-refractivity contribution in [2.45, 2.75) is 0 Å². The summed E-state index contributed by atoms with van der Waals surface area (Å²) in [6.45, 7) is 0. The smallest absolute Gasteiger partial charge is 0.135 e. The van der Waals surface area contributed by atoms with Gasteiger partial charge >= 0.3 is 0 Å². The van der Waals surface area contributed by atoms with Gasteiger partial charge in [-0.2, -0.15) is 11.3 Å². The molecule has 0 aliphatic carbocycles. The first-order chi connectivity index (χ1) is 8.93. The Bertz CT molecular complexity index is 667. The average Bonchev–Trinajstić information content (AvgIpc) is 2.84. The molecule has 18 heavy (non-hydrogen) atoms. The number of benzene rings is 2. The van der Waals surface area contributed by atoms with E-state index in [-0.39, 0.29) is 0 Å². The largest absolute Gasteiger partial charge is 0.456 e. The molecule has 0 amide bonds. The lowest BCUT2D eigenvalue weighted by atomic mass is 9.99. The zero-order valence-electron chi connectivity index (χ0n) is 9.59. The van der Waals surface area contributed by atoms with Crippen LogP contribution in [0, 0.1) is 0 Å². The molecule has 0 fully saturated rings. The highest BCUT2D eigenvalue weighted by Gasteiger charge is 2.20. The molecule has 0 saturated carbocycles. The van der Waals surface area contributed by atoms with Crippen molar-refractivity contribution in [3.63, 3.8) is 0 Å². The van der Waals surface area contributed by atoms with Gasteiger partial charge in [-0.05, 0) is 22.9 Å². The van der Waals surface area contributed by atoms with E-state index in [1.165, 1.54) is 22.3 Å². The van der Waals surface area contributed by atoms with Crippen molar-refractivity contribution in [2.75, 3.05) is 0 Å². The molecule has 4 rings (SSSR count). The SMILES string of the molecule is c1ccc2c(c1)Oc1ccccc1-c1cscc1-2. The van der Waals surface area contributed by atoms with Gasteiger partial charge in [0.05, 0.1) is 0 Å². The van der Waals surface area contributed by atoms with Crippen LogP contribution in [0.1, 0.15) is 0 Å². The van der Waals surface area contributed by atoms with E-state index in [2.05, 4.69) is 35.0 Å². The molecule has 1 aliphatic heterocycles. The summed E-state index contributed by atoms with van der Waals surface area (Å²) in [4.78, 5) is 0. The van der Waals surface area contributed by atoms with Gasteiger partial charge in [0.25, 0.3) is 0 Å². The molecule has 0 unspecified atom stereocenters. The Morgan fingerprint density at radius 2 is 1.11 bits per heavy atom. The first-order valence-electron chi connectivity index (χ1n) is 5.86. The summed E-state index contributed by atoms with van der Waals surface area (Å²) in [6.07, 6.45) is 0. The fourth-order valence-electron chi connectivity index (χ4n) is 2.39. The minimum atomic E-state index is 0.933. The number of para-hydroxylation sites is 2. The Balaban J connectivity index is 2.12.